The van der Waals surface area contributed by atoms with E-state index in [-0.39, 0.29) is 45.2 Å². The minimum Gasteiger partial charge on any atom is -1.00 e. The molecule has 0 aliphatic heterocycles. The Morgan fingerprint density at radius 2 is 0.885 bits per heavy atom. The second-order valence-electron chi connectivity index (χ2n) is 6.14. The first-order chi connectivity index (χ1) is 11.1. The first kappa shape index (κ1) is 27.5. The molecule has 0 saturated heterocycles. The SMILES string of the molecule is Cc1cccc(C)c1NCCNCCNc1c(C)cccc1C.[Cl-].[Cl-].[Re+2]. The molecule has 0 bridgehead atoms. The predicted molar refractivity (Wildman–Crippen MR) is 102 cm³/mol. The van der Waals surface area contributed by atoms with Crippen molar-refractivity contribution in [2.24, 2.45) is 0 Å². The molecule has 3 N–H and O–H groups in total. The third kappa shape index (κ3) is 8.29. The van der Waals surface area contributed by atoms with Gasteiger partial charge in [-0.15, -0.1) is 0 Å². The van der Waals surface area contributed by atoms with Crippen molar-refractivity contribution in [2.45, 2.75) is 27.7 Å². The molecule has 0 aromatic heterocycles. The van der Waals surface area contributed by atoms with Gasteiger partial charge in [0.05, 0.1) is 0 Å². The summed E-state index contributed by atoms with van der Waals surface area (Å²) < 4.78 is 0. The predicted octanol–water partition coefficient (Wildman–Crippen LogP) is -1.96. The quantitative estimate of drug-likeness (QED) is 0.324. The summed E-state index contributed by atoms with van der Waals surface area (Å²) in [7, 11) is 0. The second kappa shape index (κ2) is 14.3. The minimum absolute atomic E-state index is 0. The zero-order valence-electron chi connectivity index (χ0n) is 15.9. The van der Waals surface area contributed by atoms with Crippen molar-refractivity contribution in [1.29, 1.82) is 0 Å². The molecule has 0 aliphatic rings. The van der Waals surface area contributed by atoms with Crippen LogP contribution in [-0.4, -0.2) is 26.2 Å². The van der Waals surface area contributed by atoms with Crippen LogP contribution in [-0.2, 0) is 20.4 Å². The van der Waals surface area contributed by atoms with Crippen LogP contribution in [0, 0.1) is 27.7 Å². The molecular formula is C20H29Cl2N3Re. The van der Waals surface area contributed by atoms with Crippen LogP contribution in [0.1, 0.15) is 22.3 Å². The molecule has 0 saturated carbocycles. The van der Waals surface area contributed by atoms with E-state index in [0.29, 0.717) is 0 Å². The molecule has 2 aromatic carbocycles. The van der Waals surface area contributed by atoms with Gasteiger partial charge in [0.1, 0.15) is 0 Å². The van der Waals surface area contributed by atoms with E-state index in [1.807, 2.05) is 0 Å². The van der Waals surface area contributed by atoms with Crippen molar-refractivity contribution in [3.8, 4) is 0 Å². The van der Waals surface area contributed by atoms with E-state index in [4.69, 9.17) is 0 Å². The van der Waals surface area contributed by atoms with Crippen LogP contribution < -0.4 is 40.8 Å². The smallest absolute Gasteiger partial charge is 1.00 e. The Morgan fingerprint density at radius 3 is 1.19 bits per heavy atom. The van der Waals surface area contributed by atoms with Crippen molar-refractivity contribution < 1.29 is 45.2 Å². The monoisotopic (exact) mass is 568 g/mol. The van der Waals surface area contributed by atoms with Gasteiger partial charge in [-0.05, 0) is 49.9 Å². The van der Waals surface area contributed by atoms with Crippen molar-refractivity contribution in [3.63, 3.8) is 0 Å². The van der Waals surface area contributed by atoms with Crippen LogP contribution in [0.3, 0.4) is 0 Å². The summed E-state index contributed by atoms with van der Waals surface area (Å²) in [5.74, 6) is 0. The van der Waals surface area contributed by atoms with Crippen LogP contribution >= 0.6 is 0 Å². The Hall–Kier alpha value is -0.758. The van der Waals surface area contributed by atoms with E-state index in [2.05, 4.69) is 80.0 Å². The van der Waals surface area contributed by atoms with E-state index in [1.54, 1.807) is 0 Å². The Balaban J connectivity index is 0. The minimum atomic E-state index is 0. The van der Waals surface area contributed by atoms with Gasteiger partial charge in [0.25, 0.3) is 0 Å². The zero-order chi connectivity index (χ0) is 16.7. The third-order valence-electron chi connectivity index (χ3n) is 4.17. The fourth-order valence-electron chi connectivity index (χ4n) is 2.86. The molecule has 145 valence electrons. The number of rotatable bonds is 8. The van der Waals surface area contributed by atoms with E-state index in [1.165, 1.54) is 33.6 Å². The number of para-hydroxylation sites is 2. The number of halogens is 2. The third-order valence-corrected chi connectivity index (χ3v) is 4.17. The van der Waals surface area contributed by atoms with Crippen molar-refractivity contribution in [2.75, 3.05) is 36.8 Å². The van der Waals surface area contributed by atoms with E-state index < -0.39 is 0 Å². The maximum absolute atomic E-state index is 3.53. The summed E-state index contributed by atoms with van der Waals surface area (Å²) in [6, 6.07) is 12.8. The van der Waals surface area contributed by atoms with Crippen molar-refractivity contribution in [1.82, 2.24) is 5.32 Å². The molecule has 26 heavy (non-hydrogen) atoms. The Labute approximate surface area is 184 Å². The summed E-state index contributed by atoms with van der Waals surface area (Å²) >= 11 is 0. The molecule has 0 spiro atoms. The summed E-state index contributed by atoms with van der Waals surface area (Å²) in [4.78, 5) is 0. The molecule has 0 amide bonds. The fraction of sp³-hybridized carbons (Fsp3) is 0.400. The number of hydrogen-bond donors (Lipinski definition) is 3. The topological polar surface area (TPSA) is 36.1 Å². The van der Waals surface area contributed by atoms with Crippen molar-refractivity contribution >= 4 is 11.4 Å². The standard InChI is InChI=1S/C20H29N3.2ClH.Re/c1-15-7-5-8-16(2)19(15)22-13-11-21-12-14-23-20-17(3)9-6-10-18(20)4;;;/h5-10,21-23H,11-14H2,1-4H3;2*1H;/q;;;+2/p-2. The molecule has 0 aliphatic carbocycles. The summed E-state index contributed by atoms with van der Waals surface area (Å²) in [6.07, 6.45) is 0. The van der Waals surface area contributed by atoms with E-state index in [9.17, 15) is 0 Å². The maximum Gasteiger partial charge on any atom is 2.00 e. The van der Waals surface area contributed by atoms with Gasteiger partial charge in [-0.2, -0.15) is 0 Å². The summed E-state index contributed by atoms with van der Waals surface area (Å²) in [6.45, 7) is 12.4. The van der Waals surface area contributed by atoms with Crippen molar-refractivity contribution in [3.05, 3.63) is 58.7 Å². The summed E-state index contributed by atoms with van der Waals surface area (Å²) in [5, 5.41) is 10.5. The Morgan fingerprint density at radius 1 is 0.577 bits per heavy atom. The molecular weight excluding hydrogens is 539 g/mol. The van der Waals surface area contributed by atoms with Crippen LogP contribution in [0.25, 0.3) is 0 Å². The van der Waals surface area contributed by atoms with E-state index in [0.717, 1.165) is 26.2 Å². The van der Waals surface area contributed by atoms with E-state index >= 15 is 0 Å². The average Bonchev–Trinajstić information content (AvgIpc) is 2.51. The largest absolute Gasteiger partial charge is 2.00 e. The molecule has 1 radical (unpaired) electrons. The van der Waals surface area contributed by atoms with Gasteiger partial charge in [0, 0.05) is 37.6 Å². The number of hydrogen-bond acceptors (Lipinski definition) is 3. The van der Waals surface area contributed by atoms with Gasteiger partial charge in [0.15, 0.2) is 0 Å². The van der Waals surface area contributed by atoms with Gasteiger partial charge < -0.3 is 40.8 Å². The van der Waals surface area contributed by atoms with Gasteiger partial charge in [-0.3, -0.25) is 0 Å². The van der Waals surface area contributed by atoms with Gasteiger partial charge in [-0.25, -0.2) is 0 Å². The molecule has 0 heterocycles. The molecule has 0 atom stereocenters. The number of nitrogens with one attached hydrogen (secondary N) is 3. The zero-order valence-corrected chi connectivity index (χ0v) is 20.2. The van der Waals surface area contributed by atoms with Crippen LogP contribution in [0.5, 0.6) is 0 Å². The Bertz CT molecular complexity index is 555. The number of aryl methyl sites for hydroxylation is 4. The molecule has 0 fully saturated rings. The van der Waals surface area contributed by atoms with Gasteiger partial charge in [0.2, 0.25) is 0 Å². The first-order valence-corrected chi connectivity index (χ1v) is 8.40. The van der Waals surface area contributed by atoms with Gasteiger partial charge in [-0.1, -0.05) is 36.4 Å². The number of benzene rings is 2. The Kier molecular flexibility index (Phi) is 15.1. The number of anilines is 2. The fourth-order valence-corrected chi connectivity index (χ4v) is 2.86. The van der Waals surface area contributed by atoms with Gasteiger partial charge >= 0.3 is 20.4 Å². The average molecular weight is 569 g/mol. The second-order valence-corrected chi connectivity index (χ2v) is 6.14. The normalized spacial score (nSPS) is 9.38. The summed E-state index contributed by atoms with van der Waals surface area (Å²) in [5.41, 5.74) is 7.76. The molecule has 3 nitrogen and oxygen atoms in total. The molecule has 2 rings (SSSR count). The molecule has 6 heteroatoms. The maximum atomic E-state index is 3.53. The molecule has 2 aromatic rings. The van der Waals surface area contributed by atoms with Crippen LogP contribution in [0.15, 0.2) is 36.4 Å². The van der Waals surface area contributed by atoms with Crippen LogP contribution in [0.2, 0.25) is 0 Å². The van der Waals surface area contributed by atoms with Crippen LogP contribution in [0.4, 0.5) is 11.4 Å². The molecule has 0 unspecified atom stereocenters. The first-order valence-electron chi connectivity index (χ1n) is 8.40.